The Morgan fingerprint density at radius 3 is 2.51 bits per heavy atom. The van der Waals surface area contributed by atoms with E-state index in [0.717, 1.165) is 17.3 Å². The zero-order chi connectivity index (χ0) is 25.5. The van der Waals surface area contributed by atoms with E-state index in [1.807, 2.05) is 12.1 Å². The van der Waals surface area contributed by atoms with Gasteiger partial charge in [-0.1, -0.05) is 58.3 Å². The van der Waals surface area contributed by atoms with Crippen molar-refractivity contribution in [1.29, 1.82) is 0 Å². The predicted octanol–water partition coefficient (Wildman–Crippen LogP) is 6.49. The van der Waals surface area contributed by atoms with Crippen LogP contribution in [0.4, 0.5) is 0 Å². The fraction of sp³-hybridized carbons (Fsp3) is 0.240. The van der Waals surface area contributed by atoms with Gasteiger partial charge in [-0.25, -0.2) is 9.79 Å². The minimum Gasteiger partial charge on any atom is -0.506 e. The Morgan fingerprint density at radius 2 is 1.89 bits per heavy atom. The summed E-state index contributed by atoms with van der Waals surface area (Å²) in [5.74, 6) is -0.468. The zero-order valence-electron chi connectivity index (χ0n) is 19.3. The maximum atomic E-state index is 12.4. The van der Waals surface area contributed by atoms with Gasteiger partial charge in [0, 0.05) is 15.9 Å². The van der Waals surface area contributed by atoms with E-state index in [2.05, 4.69) is 20.9 Å². The molecule has 7 nitrogen and oxygen atoms in total. The van der Waals surface area contributed by atoms with Crippen molar-refractivity contribution < 1.29 is 28.9 Å². The van der Waals surface area contributed by atoms with Crippen molar-refractivity contribution in [1.82, 2.24) is 0 Å². The van der Waals surface area contributed by atoms with Crippen LogP contribution in [0, 0.1) is 0 Å². The molecular weight excluding hydrogens is 558 g/mol. The van der Waals surface area contributed by atoms with Crippen molar-refractivity contribution in [2.45, 2.75) is 26.9 Å². The van der Waals surface area contributed by atoms with Gasteiger partial charge in [0.15, 0.2) is 11.5 Å². The first-order valence-electron chi connectivity index (χ1n) is 10.6. The maximum Gasteiger partial charge on any atom is 0.344 e. The Hall–Kier alpha value is -2.75. The molecule has 3 rings (SSSR count). The molecule has 0 atom stereocenters. The molecule has 0 saturated carbocycles. The van der Waals surface area contributed by atoms with Crippen molar-refractivity contribution in [3.8, 4) is 11.5 Å². The van der Waals surface area contributed by atoms with Crippen molar-refractivity contribution in [3.63, 3.8) is 0 Å². The van der Waals surface area contributed by atoms with E-state index in [4.69, 9.17) is 25.8 Å². The molecule has 1 N–H and O–H groups in total. The minimum atomic E-state index is -0.744. The monoisotopic (exact) mass is 579 g/mol. The summed E-state index contributed by atoms with van der Waals surface area (Å²) >= 11 is 10.5. The number of hydrogen-bond acceptors (Lipinski definition) is 7. The van der Waals surface area contributed by atoms with Crippen LogP contribution in [0.3, 0.4) is 0 Å². The first-order valence-corrected chi connectivity index (χ1v) is 12.6. The number of amides is 1. The Balaban J connectivity index is 1.93. The minimum absolute atomic E-state index is 0.102. The summed E-state index contributed by atoms with van der Waals surface area (Å²) in [6, 6.07) is 10.8. The third-order valence-corrected chi connectivity index (χ3v) is 6.73. The van der Waals surface area contributed by atoms with E-state index in [1.54, 1.807) is 44.2 Å². The van der Waals surface area contributed by atoms with Gasteiger partial charge in [-0.05, 0) is 48.4 Å². The van der Waals surface area contributed by atoms with Crippen molar-refractivity contribution in [3.05, 3.63) is 73.3 Å². The second-order valence-electron chi connectivity index (χ2n) is 7.16. The highest BCUT2D eigenvalue weighted by Crippen LogP contribution is 2.42. The van der Waals surface area contributed by atoms with Gasteiger partial charge >= 0.3 is 5.97 Å². The van der Waals surface area contributed by atoms with Crippen molar-refractivity contribution in [2.24, 2.45) is 4.99 Å². The smallest absolute Gasteiger partial charge is 0.344 e. The highest BCUT2D eigenvalue weighted by molar-refractivity contribution is 9.10. The molecule has 10 heteroatoms. The topological polar surface area (TPSA) is 94.4 Å². The summed E-state index contributed by atoms with van der Waals surface area (Å²) in [6.45, 7) is 3.75. The molecule has 1 aliphatic rings. The lowest BCUT2D eigenvalue weighted by Crippen LogP contribution is -2.14. The molecule has 0 aliphatic carbocycles. The number of aliphatic imine (C=N–C) groups is 1. The predicted molar refractivity (Wildman–Crippen MR) is 141 cm³/mol. The van der Waals surface area contributed by atoms with Crippen molar-refractivity contribution >= 4 is 62.3 Å². The van der Waals surface area contributed by atoms with Gasteiger partial charge in [0.1, 0.15) is 23.0 Å². The molecule has 0 bridgehead atoms. The maximum absolute atomic E-state index is 12.4. The first-order chi connectivity index (χ1) is 16.8. The number of hydrogen-bond donors (Lipinski definition) is 1. The third-order valence-electron chi connectivity index (χ3n) is 4.78. The van der Waals surface area contributed by atoms with E-state index in [1.165, 1.54) is 7.11 Å². The number of halogens is 2. The third kappa shape index (κ3) is 6.68. The Labute approximate surface area is 220 Å². The molecule has 0 radical (unpaired) electrons. The van der Waals surface area contributed by atoms with Gasteiger partial charge in [0.2, 0.25) is 5.91 Å². The van der Waals surface area contributed by atoms with E-state index in [0.29, 0.717) is 38.1 Å². The van der Waals surface area contributed by atoms with E-state index < -0.39 is 11.9 Å². The van der Waals surface area contributed by atoms with Crippen LogP contribution in [-0.4, -0.2) is 35.7 Å². The van der Waals surface area contributed by atoms with Crippen LogP contribution < -0.4 is 9.47 Å². The van der Waals surface area contributed by atoms with Gasteiger partial charge in [-0.2, -0.15) is 0 Å². The number of ether oxygens (including phenoxy) is 3. The number of carbonyl (C=O) groups excluding carboxylic acids is 2. The second-order valence-corrected chi connectivity index (χ2v) is 9.48. The molecule has 0 fully saturated rings. The fourth-order valence-electron chi connectivity index (χ4n) is 3.00. The second kappa shape index (κ2) is 12.3. The highest BCUT2D eigenvalue weighted by Gasteiger charge is 2.33. The molecule has 2 aromatic carbocycles. The molecule has 35 heavy (non-hydrogen) atoms. The van der Waals surface area contributed by atoms with Crippen LogP contribution in [0.15, 0.2) is 62.1 Å². The van der Waals surface area contributed by atoms with Gasteiger partial charge in [0.25, 0.3) is 0 Å². The van der Waals surface area contributed by atoms with Crippen LogP contribution in [0.2, 0.25) is 5.02 Å². The summed E-state index contributed by atoms with van der Waals surface area (Å²) in [4.78, 5) is 28.6. The van der Waals surface area contributed by atoms with E-state index >= 15 is 0 Å². The zero-order valence-corrected chi connectivity index (χ0v) is 22.4. The quantitative estimate of drug-likeness (QED) is 0.357. The average Bonchev–Trinajstić information content (AvgIpc) is 3.14. The Bertz CT molecular complexity index is 1220. The normalized spacial score (nSPS) is 15.6. The number of rotatable bonds is 8. The lowest BCUT2D eigenvalue weighted by atomic mass is 10.1. The lowest BCUT2D eigenvalue weighted by molar-refractivity contribution is -0.138. The molecular formula is C25H23BrClNO6S. The number of aliphatic hydroxyl groups is 1. The summed E-state index contributed by atoms with van der Waals surface area (Å²) in [7, 11) is 1.52. The first kappa shape index (κ1) is 26.8. The number of methoxy groups -OCH3 is 1. The largest absolute Gasteiger partial charge is 0.506 e. The number of nitrogens with zero attached hydrogens (tertiary/aromatic N) is 1. The average molecular weight is 581 g/mol. The van der Waals surface area contributed by atoms with Crippen LogP contribution >= 0.6 is 39.3 Å². The summed E-state index contributed by atoms with van der Waals surface area (Å²) in [5, 5.41) is 11.5. The molecule has 184 valence electrons. The van der Waals surface area contributed by atoms with Gasteiger partial charge in [-0.15, -0.1) is 0 Å². The molecule has 0 saturated heterocycles. The Kier molecular flexibility index (Phi) is 9.42. The molecule has 1 amide bonds. The van der Waals surface area contributed by atoms with Crippen LogP contribution in [0.25, 0.3) is 6.08 Å². The number of aliphatic hydroxyl groups excluding tert-OH is 1. The summed E-state index contributed by atoms with van der Waals surface area (Å²) in [5.41, 5.74) is 1.47. The van der Waals surface area contributed by atoms with Crippen LogP contribution in [0.1, 0.15) is 31.4 Å². The molecule has 1 aliphatic heterocycles. The lowest BCUT2D eigenvalue weighted by Gasteiger charge is -2.13. The van der Waals surface area contributed by atoms with Gasteiger partial charge in [0.05, 0.1) is 18.6 Å². The fourth-order valence-corrected chi connectivity index (χ4v) is 4.59. The van der Waals surface area contributed by atoms with Crippen LogP contribution in [0.5, 0.6) is 11.5 Å². The summed E-state index contributed by atoms with van der Waals surface area (Å²) in [6.07, 6.45) is 1.83. The molecule has 1 heterocycles. The van der Waals surface area contributed by atoms with Gasteiger partial charge in [-0.3, -0.25) is 4.79 Å². The number of benzene rings is 2. The molecule has 0 aromatic heterocycles. The Morgan fingerprint density at radius 1 is 1.17 bits per heavy atom. The molecule has 0 unspecified atom stereocenters. The van der Waals surface area contributed by atoms with Crippen molar-refractivity contribution in [2.75, 3.05) is 13.7 Å². The molecule has 0 spiro atoms. The molecule has 2 aromatic rings. The summed E-state index contributed by atoms with van der Waals surface area (Å²) < 4.78 is 17.1. The number of carbonyl (C=O) groups is 2. The standard InChI is InChI=1S/C25H23BrClNO6S/c1-4-21(29)28-24-22(25(31)33-5-2)23(30)20(35-24)11-15-10-18(32-3)19(12-17(15)26)34-13-14-6-8-16(27)9-7-14/h6-12,30H,4-5,13H2,1-3H3/b20-11-,28-24?. The van der Waals surface area contributed by atoms with E-state index in [-0.39, 0.29) is 29.4 Å². The number of esters is 1. The van der Waals surface area contributed by atoms with Crippen LogP contribution in [-0.2, 0) is 20.9 Å². The van der Waals surface area contributed by atoms with E-state index in [9.17, 15) is 14.7 Å². The SMILES string of the molecule is CCOC(=O)C1=C(O)/C(=C/c2cc(OC)c(OCc3ccc(Cl)cc3)cc2Br)SC1=NC(=O)CC. The van der Waals surface area contributed by atoms with Gasteiger partial charge < -0.3 is 19.3 Å². The number of thioether (sulfide) groups is 1. The highest BCUT2D eigenvalue weighted by atomic mass is 79.9.